The number of aromatic nitrogens is 1. The molecule has 0 saturated carbocycles. The van der Waals surface area contributed by atoms with E-state index in [0.29, 0.717) is 18.7 Å². The molecule has 3 heterocycles. The van der Waals surface area contributed by atoms with Crippen LogP contribution in [0.15, 0.2) is 101 Å². The summed E-state index contributed by atoms with van der Waals surface area (Å²) < 4.78 is 16.6. The van der Waals surface area contributed by atoms with Crippen molar-refractivity contribution < 1.29 is 28.7 Å². The lowest BCUT2D eigenvalue weighted by molar-refractivity contribution is -0.129. The van der Waals surface area contributed by atoms with Crippen molar-refractivity contribution in [3.05, 3.63) is 119 Å². The van der Waals surface area contributed by atoms with E-state index in [-0.39, 0.29) is 42.9 Å². The van der Waals surface area contributed by atoms with Crippen LogP contribution in [0, 0.1) is 0 Å². The molecule has 1 fully saturated rings. The van der Waals surface area contributed by atoms with E-state index in [1.165, 1.54) is 16.7 Å². The number of hydrogen-bond donors (Lipinski definition) is 1. The number of aliphatic hydroxyl groups is 1. The fraction of sp³-hybridized carbons (Fsp3) is 0.333. The van der Waals surface area contributed by atoms with Crippen LogP contribution in [0.1, 0.15) is 53.6 Å². The van der Waals surface area contributed by atoms with E-state index in [1.807, 2.05) is 54.6 Å². The van der Waals surface area contributed by atoms with Gasteiger partial charge in [0.25, 0.3) is 0 Å². The molecule has 2 aliphatic heterocycles. The van der Waals surface area contributed by atoms with Crippen molar-refractivity contribution in [3.63, 3.8) is 0 Å². The predicted octanol–water partition coefficient (Wildman–Crippen LogP) is 6.04. The highest BCUT2D eigenvalue weighted by molar-refractivity contribution is 8.15. The molecule has 4 atom stereocenters. The Bertz CT molecular complexity index is 1630. The van der Waals surface area contributed by atoms with Crippen LogP contribution in [-0.4, -0.2) is 69.4 Å². The number of imide groups is 1. The van der Waals surface area contributed by atoms with E-state index in [2.05, 4.69) is 36.3 Å². The SMILES string of the molecule is CC1N=C(c2ccc(CCCO)cc2)SC1COc1ccc([C@H](CC(=O)N2C(=O)OC[C@@H]2Cc2ccccc2)c2ccon2)cc1. The summed E-state index contributed by atoms with van der Waals surface area (Å²) in [6.07, 6.45) is 3.05. The van der Waals surface area contributed by atoms with Gasteiger partial charge in [0.2, 0.25) is 5.91 Å². The molecule has 2 aliphatic rings. The average Bonchev–Trinajstić information content (AvgIpc) is 3.83. The zero-order valence-corrected chi connectivity index (χ0v) is 26.5. The third kappa shape index (κ3) is 7.51. The Kier molecular flexibility index (Phi) is 10.1. The molecule has 0 bridgehead atoms. The summed E-state index contributed by atoms with van der Waals surface area (Å²) in [4.78, 5) is 32.4. The molecule has 6 rings (SSSR count). The van der Waals surface area contributed by atoms with Crippen molar-refractivity contribution in [1.29, 1.82) is 0 Å². The summed E-state index contributed by atoms with van der Waals surface area (Å²) in [5.74, 6) is -0.0170. The van der Waals surface area contributed by atoms with E-state index in [0.717, 1.165) is 40.3 Å². The average molecular weight is 640 g/mol. The van der Waals surface area contributed by atoms with Crippen LogP contribution in [0.5, 0.6) is 5.75 Å². The first kappa shape index (κ1) is 31.6. The van der Waals surface area contributed by atoms with Gasteiger partial charge in [-0.1, -0.05) is 83.6 Å². The van der Waals surface area contributed by atoms with E-state index in [4.69, 9.17) is 24.1 Å². The van der Waals surface area contributed by atoms with Gasteiger partial charge in [0.1, 0.15) is 25.2 Å². The van der Waals surface area contributed by atoms with Crippen molar-refractivity contribution in [1.82, 2.24) is 10.1 Å². The van der Waals surface area contributed by atoms with Crippen molar-refractivity contribution in [2.45, 2.75) is 55.9 Å². The van der Waals surface area contributed by atoms with Crippen LogP contribution < -0.4 is 4.74 Å². The number of thioether (sulfide) groups is 1. The second kappa shape index (κ2) is 14.8. The number of hydrogen-bond acceptors (Lipinski definition) is 9. The zero-order chi connectivity index (χ0) is 31.9. The molecule has 238 valence electrons. The van der Waals surface area contributed by atoms with E-state index < -0.39 is 12.0 Å². The predicted molar refractivity (Wildman–Crippen MR) is 176 cm³/mol. The molecule has 46 heavy (non-hydrogen) atoms. The largest absolute Gasteiger partial charge is 0.492 e. The van der Waals surface area contributed by atoms with Gasteiger partial charge in [0, 0.05) is 30.6 Å². The highest BCUT2D eigenvalue weighted by atomic mass is 32.2. The van der Waals surface area contributed by atoms with Crippen LogP contribution in [-0.2, 0) is 22.4 Å². The maximum absolute atomic E-state index is 13.6. The Morgan fingerprint density at radius 2 is 1.83 bits per heavy atom. The standard InChI is InChI=1S/C36H37N3O6S/c1-24-33(46-35(37-24)28-11-9-25(10-12-28)8-5-18-40)23-43-30-15-13-27(14-16-30)31(32-17-19-45-38-32)21-34(41)39-29(22-44-36(39)42)20-26-6-3-2-4-7-26/h2-4,6-7,9-17,19,24,29,31,33,40H,5,8,18,20-23H2,1H3/t24?,29-,31-,33?/m0/s1. The van der Waals surface area contributed by atoms with Gasteiger partial charge in [-0.2, -0.15) is 0 Å². The molecule has 2 amide bonds. The topological polar surface area (TPSA) is 114 Å². The van der Waals surface area contributed by atoms with Gasteiger partial charge < -0.3 is 19.1 Å². The number of nitrogens with zero attached hydrogens (tertiary/aromatic N) is 3. The summed E-state index contributed by atoms with van der Waals surface area (Å²) in [5, 5.41) is 14.4. The van der Waals surface area contributed by atoms with E-state index in [1.54, 1.807) is 17.8 Å². The molecule has 2 unspecified atom stereocenters. The quantitative estimate of drug-likeness (QED) is 0.188. The first-order valence-electron chi connectivity index (χ1n) is 15.6. The van der Waals surface area contributed by atoms with Crippen molar-refractivity contribution in [2.24, 2.45) is 4.99 Å². The highest BCUT2D eigenvalue weighted by Gasteiger charge is 2.39. The van der Waals surface area contributed by atoms with Crippen molar-refractivity contribution in [2.75, 3.05) is 19.8 Å². The molecular formula is C36H37N3O6S. The lowest BCUT2D eigenvalue weighted by Crippen LogP contribution is -2.40. The number of benzene rings is 3. The Hall–Kier alpha value is -4.41. The van der Waals surface area contributed by atoms with Gasteiger partial charge in [-0.3, -0.25) is 9.79 Å². The van der Waals surface area contributed by atoms with Gasteiger partial charge in [0.05, 0.1) is 28.1 Å². The van der Waals surface area contributed by atoms with Crippen LogP contribution in [0.25, 0.3) is 0 Å². The molecule has 4 aromatic rings. The fourth-order valence-corrected chi connectivity index (χ4v) is 6.98. The van der Waals surface area contributed by atoms with Crippen LogP contribution in [0.2, 0.25) is 0 Å². The first-order chi connectivity index (χ1) is 22.5. The minimum Gasteiger partial charge on any atom is -0.492 e. The minimum atomic E-state index is -0.616. The molecule has 1 N–H and O–H groups in total. The molecule has 0 radical (unpaired) electrons. The third-order valence-corrected chi connectivity index (χ3v) is 9.78. The highest BCUT2D eigenvalue weighted by Crippen LogP contribution is 2.33. The second-order valence-electron chi connectivity index (χ2n) is 11.6. The number of aliphatic hydroxyl groups excluding tert-OH is 1. The summed E-state index contributed by atoms with van der Waals surface area (Å²) >= 11 is 1.73. The van der Waals surface area contributed by atoms with Crippen LogP contribution >= 0.6 is 11.8 Å². The number of ether oxygens (including phenoxy) is 2. The molecule has 3 aromatic carbocycles. The van der Waals surface area contributed by atoms with Gasteiger partial charge in [-0.15, -0.1) is 0 Å². The molecular weight excluding hydrogens is 602 g/mol. The molecule has 0 spiro atoms. The smallest absolute Gasteiger partial charge is 0.416 e. The minimum absolute atomic E-state index is 0.0336. The second-order valence-corrected chi connectivity index (χ2v) is 12.8. The van der Waals surface area contributed by atoms with E-state index in [9.17, 15) is 9.59 Å². The maximum atomic E-state index is 13.6. The number of cyclic esters (lactones) is 1. The fourth-order valence-electron chi connectivity index (χ4n) is 5.80. The van der Waals surface area contributed by atoms with Crippen molar-refractivity contribution in [3.8, 4) is 5.75 Å². The Morgan fingerprint density at radius 3 is 2.54 bits per heavy atom. The lowest BCUT2D eigenvalue weighted by Gasteiger charge is -2.22. The van der Waals surface area contributed by atoms with E-state index >= 15 is 0 Å². The van der Waals surface area contributed by atoms with Gasteiger partial charge in [0.15, 0.2) is 0 Å². The Morgan fingerprint density at radius 1 is 1.04 bits per heavy atom. The number of carbonyl (C=O) groups excluding carboxylic acids is 2. The molecule has 10 heteroatoms. The third-order valence-electron chi connectivity index (χ3n) is 8.38. The summed E-state index contributed by atoms with van der Waals surface area (Å²) in [7, 11) is 0. The number of carbonyl (C=O) groups is 2. The number of aryl methyl sites for hydroxylation is 1. The van der Waals surface area contributed by atoms with Gasteiger partial charge >= 0.3 is 6.09 Å². The number of rotatable bonds is 13. The molecule has 1 aromatic heterocycles. The summed E-state index contributed by atoms with van der Waals surface area (Å²) in [5.41, 5.74) is 4.80. The summed E-state index contributed by atoms with van der Waals surface area (Å²) in [6.45, 7) is 2.97. The van der Waals surface area contributed by atoms with Gasteiger partial charge in [-0.05, 0) is 55.0 Å². The number of amides is 2. The Balaban J connectivity index is 1.08. The normalized spacial score (nSPS) is 20.0. The maximum Gasteiger partial charge on any atom is 0.416 e. The number of aliphatic imine (C=N–C) groups is 1. The molecule has 1 saturated heterocycles. The van der Waals surface area contributed by atoms with Crippen LogP contribution in [0.3, 0.4) is 0 Å². The van der Waals surface area contributed by atoms with Crippen molar-refractivity contribution >= 4 is 28.8 Å². The van der Waals surface area contributed by atoms with Crippen LogP contribution in [0.4, 0.5) is 4.79 Å². The monoisotopic (exact) mass is 639 g/mol. The van der Waals surface area contributed by atoms with Gasteiger partial charge in [-0.25, -0.2) is 9.69 Å². The zero-order valence-electron chi connectivity index (χ0n) is 25.7. The molecule has 9 nitrogen and oxygen atoms in total. The summed E-state index contributed by atoms with van der Waals surface area (Å²) in [6, 6.07) is 27.3. The molecule has 0 aliphatic carbocycles. The Labute approximate surface area is 272 Å². The first-order valence-corrected chi connectivity index (χ1v) is 16.5. The lowest BCUT2D eigenvalue weighted by atomic mass is 9.91.